The van der Waals surface area contributed by atoms with Crippen LogP contribution in [0.15, 0.2) is 47.6 Å². The number of oxime groups is 1. The van der Waals surface area contributed by atoms with Crippen LogP contribution in [0.1, 0.15) is 71.8 Å². The van der Waals surface area contributed by atoms with Crippen LogP contribution in [0.3, 0.4) is 0 Å². The van der Waals surface area contributed by atoms with Crippen LogP contribution < -0.4 is 0 Å². The highest BCUT2D eigenvalue weighted by molar-refractivity contribution is 5.85. The van der Waals surface area contributed by atoms with Crippen molar-refractivity contribution in [1.29, 1.82) is 0 Å². The number of rotatable bonds is 3. The van der Waals surface area contributed by atoms with Gasteiger partial charge in [0, 0.05) is 36.9 Å². The Balaban J connectivity index is 0.00000181. The number of halogens is 1. The van der Waals surface area contributed by atoms with Crippen LogP contribution in [0.2, 0.25) is 0 Å². The van der Waals surface area contributed by atoms with Gasteiger partial charge in [-0.1, -0.05) is 54.4 Å². The monoisotopic (exact) mass is 408 g/mol. The third-order valence-corrected chi connectivity index (χ3v) is 8.12. The molecule has 0 radical (unpaired) electrons. The minimum Gasteiger partial charge on any atom is -0.411 e. The van der Waals surface area contributed by atoms with Gasteiger partial charge in [-0.25, -0.2) is 0 Å². The number of fused-ring (bicyclic) bond motifs is 3. The summed E-state index contributed by atoms with van der Waals surface area (Å²) in [5, 5.41) is 12.3. The van der Waals surface area contributed by atoms with E-state index in [1.54, 1.807) is 17.3 Å². The number of nitrogens with zero attached hydrogens (tertiary/aromatic N) is 2. The Morgan fingerprint density at radius 1 is 1.07 bits per heavy atom. The zero-order valence-electron chi connectivity index (χ0n) is 16.8. The number of likely N-dealkylation sites (tertiary alicyclic amines) is 1. The predicted molar refractivity (Wildman–Crippen MR) is 119 cm³/mol. The van der Waals surface area contributed by atoms with Crippen LogP contribution in [0.25, 0.3) is 0 Å². The summed E-state index contributed by atoms with van der Waals surface area (Å²) in [6, 6.07) is 15.9. The van der Waals surface area contributed by atoms with Crippen molar-refractivity contribution >= 4 is 18.6 Å². The maximum Gasteiger partial charge on any atom is 0.0733 e. The molecule has 2 bridgehead atoms. The standard InChI is InChI=1S/C25H28N2O.ClH/c28-26-13-18-9-10-21-22-12-25(23(21)11-18)16-27(14-17-5-1-2-6-17)15-24(25)20-8-4-3-7-19(20)22;/h3-4,7-11,13,17,22,24,28H,1-2,5-6,12,14-16H2;1H. The first-order chi connectivity index (χ1) is 13.8. The van der Waals surface area contributed by atoms with Crippen molar-refractivity contribution < 1.29 is 5.21 Å². The quantitative estimate of drug-likeness (QED) is 0.425. The lowest BCUT2D eigenvalue weighted by atomic mass is 9.65. The van der Waals surface area contributed by atoms with Crippen molar-refractivity contribution in [2.24, 2.45) is 11.1 Å². The van der Waals surface area contributed by atoms with Gasteiger partial charge in [0.25, 0.3) is 0 Å². The first kappa shape index (κ1) is 19.1. The molecule has 4 heteroatoms. The molecule has 1 heterocycles. The van der Waals surface area contributed by atoms with E-state index in [1.165, 1.54) is 62.9 Å². The van der Waals surface area contributed by atoms with Gasteiger partial charge in [0.1, 0.15) is 0 Å². The average molecular weight is 409 g/mol. The van der Waals surface area contributed by atoms with Gasteiger partial charge in [-0.05, 0) is 59.1 Å². The maximum absolute atomic E-state index is 9.05. The highest BCUT2D eigenvalue weighted by Gasteiger charge is 2.58. The Bertz CT molecular complexity index is 952. The topological polar surface area (TPSA) is 35.8 Å². The molecule has 29 heavy (non-hydrogen) atoms. The summed E-state index contributed by atoms with van der Waals surface area (Å²) in [6.07, 6.45) is 8.50. The molecule has 1 aliphatic heterocycles. The Labute approximate surface area is 179 Å². The molecule has 4 aliphatic rings. The fourth-order valence-corrected chi connectivity index (χ4v) is 7.04. The van der Waals surface area contributed by atoms with Crippen LogP contribution in [-0.2, 0) is 5.41 Å². The molecule has 2 aromatic rings. The van der Waals surface area contributed by atoms with Crippen molar-refractivity contribution in [3.05, 3.63) is 70.3 Å². The third kappa shape index (κ3) is 2.78. The van der Waals surface area contributed by atoms with E-state index < -0.39 is 0 Å². The van der Waals surface area contributed by atoms with Gasteiger partial charge in [0.2, 0.25) is 0 Å². The lowest BCUT2D eigenvalue weighted by Gasteiger charge is -2.37. The minimum atomic E-state index is 0. The number of hydrogen-bond donors (Lipinski definition) is 1. The second kappa shape index (κ2) is 7.14. The molecule has 2 aromatic carbocycles. The summed E-state index contributed by atoms with van der Waals surface area (Å²) in [5.74, 6) is 2.01. The van der Waals surface area contributed by atoms with E-state index in [0.717, 1.165) is 11.5 Å². The van der Waals surface area contributed by atoms with Gasteiger partial charge in [-0.2, -0.15) is 0 Å². The highest BCUT2D eigenvalue weighted by atomic mass is 35.5. The van der Waals surface area contributed by atoms with Crippen LogP contribution in [0, 0.1) is 5.92 Å². The number of benzene rings is 2. The van der Waals surface area contributed by atoms with E-state index in [1.807, 2.05) is 0 Å². The molecule has 3 nitrogen and oxygen atoms in total. The molecule has 1 saturated heterocycles. The SMILES string of the molecule is Cl.ON=Cc1ccc2c(c1)C13CC2c2ccccc2C1CN(CC1CCCC1)C3. The lowest BCUT2D eigenvalue weighted by molar-refractivity contribution is 0.260. The van der Waals surface area contributed by atoms with E-state index in [4.69, 9.17) is 5.21 Å². The Hall–Kier alpha value is -1.84. The Morgan fingerprint density at radius 3 is 2.66 bits per heavy atom. The maximum atomic E-state index is 9.05. The summed E-state index contributed by atoms with van der Waals surface area (Å²) in [7, 11) is 0. The molecule has 0 amide bonds. The van der Waals surface area contributed by atoms with Gasteiger partial charge >= 0.3 is 0 Å². The van der Waals surface area contributed by atoms with Gasteiger partial charge in [-0.15, -0.1) is 12.4 Å². The summed E-state index contributed by atoms with van der Waals surface area (Å²) in [4.78, 5) is 2.78. The normalized spacial score (nSPS) is 30.2. The highest BCUT2D eigenvalue weighted by Crippen LogP contribution is 2.63. The third-order valence-electron chi connectivity index (χ3n) is 8.12. The predicted octanol–water partition coefficient (Wildman–Crippen LogP) is 5.29. The van der Waals surface area contributed by atoms with Crippen LogP contribution >= 0.6 is 12.4 Å². The van der Waals surface area contributed by atoms with Crippen molar-refractivity contribution in [1.82, 2.24) is 4.90 Å². The zero-order valence-corrected chi connectivity index (χ0v) is 17.6. The van der Waals surface area contributed by atoms with Gasteiger partial charge in [0.15, 0.2) is 0 Å². The Kier molecular flexibility index (Phi) is 4.71. The van der Waals surface area contributed by atoms with Crippen LogP contribution in [0.4, 0.5) is 0 Å². The van der Waals surface area contributed by atoms with Crippen molar-refractivity contribution in [3.63, 3.8) is 0 Å². The zero-order chi connectivity index (χ0) is 18.7. The molecule has 1 spiro atoms. The molecule has 3 aliphatic carbocycles. The largest absolute Gasteiger partial charge is 0.411 e. The lowest BCUT2D eigenvalue weighted by Crippen LogP contribution is -2.35. The van der Waals surface area contributed by atoms with Crippen LogP contribution in [0.5, 0.6) is 0 Å². The first-order valence-corrected chi connectivity index (χ1v) is 10.9. The van der Waals surface area contributed by atoms with Gasteiger partial charge in [-0.3, -0.25) is 0 Å². The summed E-state index contributed by atoms with van der Waals surface area (Å²) >= 11 is 0. The summed E-state index contributed by atoms with van der Waals surface area (Å²) in [6.45, 7) is 3.65. The smallest absolute Gasteiger partial charge is 0.0733 e. The molecular weight excluding hydrogens is 380 g/mol. The van der Waals surface area contributed by atoms with E-state index in [-0.39, 0.29) is 17.8 Å². The molecule has 0 aromatic heterocycles. The molecule has 3 atom stereocenters. The molecule has 1 N–H and O–H groups in total. The van der Waals surface area contributed by atoms with E-state index in [2.05, 4.69) is 52.5 Å². The Morgan fingerprint density at radius 2 is 1.86 bits per heavy atom. The first-order valence-electron chi connectivity index (χ1n) is 10.9. The number of hydrogen-bond acceptors (Lipinski definition) is 3. The molecule has 152 valence electrons. The molecular formula is C25H29ClN2O. The minimum absolute atomic E-state index is 0. The molecule has 1 saturated carbocycles. The van der Waals surface area contributed by atoms with Crippen LogP contribution in [-0.4, -0.2) is 36.0 Å². The fourth-order valence-electron chi connectivity index (χ4n) is 7.04. The average Bonchev–Trinajstić information content (AvgIpc) is 3.42. The van der Waals surface area contributed by atoms with E-state index in [0.29, 0.717) is 11.8 Å². The second-order valence-corrected chi connectivity index (χ2v) is 9.53. The second-order valence-electron chi connectivity index (χ2n) is 9.53. The van der Waals surface area contributed by atoms with Gasteiger partial charge < -0.3 is 10.1 Å². The fraction of sp³-hybridized carbons (Fsp3) is 0.480. The molecule has 6 rings (SSSR count). The summed E-state index contributed by atoms with van der Waals surface area (Å²) < 4.78 is 0. The van der Waals surface area contributed by atoms with E-state index >= 15 is 0 Å². The van der Waals surface area contributed by atoms with Crippen molar-refractivity contribution in [3.8, 4) is 0 Å². The van der Waals surface area contributed by atoms with Gasteiger partial charge in [0.05, 0.1) is 6.21 Å². The van der Waals surface area contributed by atoms with Crippen molar-refractivity contribution in [2.45, 2.75) is 49.4 Å². The molecule has 3 unspecified atom stereocenters. The summed E-state index contributed by atoms with van der Waals surface area (Å²) in [5.41, 5.74) is 7.40. The molecule has 2 fully saturated rings. The van der Waals surface area contributed by atoms with E-state index in [9.17, 15) is 0 Å². The van der Waals surface area contributed by atoms with Crippen molar-refractivity contribution in [2.75, 3.05) is 19.6 Å².